The summed E-state index contributed by atoms with van der Waals surface area (Å²) in [7, 11) is 1.83. The van der Waals surface area contributed by atoms with Crippen LogP contribution in [0, 0.1) is 12.8 Å². The van der Waals surface area contributed by atoms with E-state index in [1.807, 2.05) is 18.1 Å². The number of likely N-dealkylation sites (tertiary alicyclic amines) is 1. The Balaban J connectivity index is 1.57. The standard InChI is InChI=1S/C17H23N5O2/c1-12-21-15(11-24-12)17(23)22-6-3-4-13(5-7-22)8-14-9-20-16(18-2)10-19-14/h9-11,13H,3-8H2,1-2H3,(H,18,20)/t13-/m0/s1. The molecule has 7 heteroatoms. The summed E-state index contributed by atoms with van der Waals surface area (Å²) in [4.78, 5) is 27.3. The van der Waals surface area contributed by atoms with Crippen LogP contribution in [0.15, 0.2) is 23.1 Å². The van der Waals surface area contributed by atoms with Crippen LogP contribution >= 0.6 is 0 Å². The highest BCUT2D eigenvalue weighted by molar-refractivity contribution is 5.92. The van der Waals surface area contributed by atoms with Gasteiger partial charge in [0.2, 0.25) is 0 Å². The van der Waals surface area contributed by atoms with Crippen LogP contribution < -0.4 is 5.32 Å². The van der Waals surface area contributed by atoms with E-state index in [1.54, 1.807) is 13.1 Å². The Labute approximate surface area is 141 Å². The first-order valence-corrected chi connectivity index (χ1v) is 8.36. The lowest BCUT2D eigenvalue weighted by Crippen LogP contribution is -2.32. The number of aromatic nitrogens is 3. The molecule has 1 aliphatic heterocycles. The van der Waals surface area contributed by atoms with Gasteiger partial charge in [-0.15, -0.1) is 0 Å². The molecule has 2 aromatic rings. The van der Waals surface area contributed by atoms with Crippen molar-refractivity contribution in [3.8, 4) is 0 Å². The SMILES string of the molecule is CNc1cnc(C[C@H]2CCCN(C(=O)c3coc(C)n3)CC2)cn1. The van der Waals surface area contributed by atoms with Gasteiger partial charge >= 0.3 is 0 Å². The quantitative estimate of drug-likeness (QED) is 0.926. The van der Waals surface area contributed by atoms with Gasteiger partial charge in [-0.2, -0.15) is 0 Å². The van der Waals surface area contributed by atoms with Crippen molar-refractivity contribution in [3.05, 3.63) is 35.9 Å². The zero-order chi connectivity index (χ0) is 16.9. The lowest BCUT2D eigenvalue weighted by Gasteiger charge is -2.19. The summed E-state index contributed by atoms with van der Waals surface area (Å²) in [5.74, 6) is 1.79. The zero-order valence-electron chi connectivity index (χ0n) is 14.2. The summed E-state index contributed by atoms with van der Waals surface area (Å²) in [6, 6.07) is 0. The molecule has 1 fully saturated rings. The lowest BCUT2D eigenvalue weighted by molar-refractivity contribution is 0.0754. The molecule has 128 valence electrons. The highest BCUT2D eigenvalue weighted by Crippen LogP contribution is 2.22. The van der Waals surface area contributed by atoms with E-state index in [0.717, 1.165) is 50.3 Å². The molecule has 0 radical (unpaired) electrons. The van der Waals surface area contributed by atoms with Crippen LogP contribution in [0.1, 0.15) is 41.3 Å². The first kappa shape index (κ1) is 16.4. The molecule has 3 heterocycles. The van der Waals surface area contributed by atoms with Gasteiger partial charge in [-0.05, 0) is 31.6 Å². The minimum absolute atomic E-state index is 0.0364. The molecule has 1 amide bonds. The second-order valence-electron chi connectivity index (χ2n) is 6.19. The van der Waals surface area contributed by atoms with E-state index in [0.29, 0.717) is 17.5 Å². The summed E-state index contributed by atoms with van der Waals surface area (Å²) in [5, 5.41) is 2.97. The molecule has 2 aromatic heterocycles. The fourth-order valence-corrected chi connectivity index (χ4v) is 3.08. The van der Waals surface area contributed by atoms with Gasteiger partial charge in [-0.1, -0.05) is 0 Å². The van der Waals surface area contributed by atoms with Crippen LogP contribution in [0.4, 0.5) is 5.82 Å². The molecular weight excluding hydrogens is 306 g/mol. The molecule has 0 saturated carbocycles. The largest absolute Gasteiger partial charge is 0.448 e. The Morgan fingerprint density at radius 3 is 2.88 bits per heavy atom. The van der Waals surface area contributed by atoms with Crippen LogP contribution in [0.3, 0.4) is 0 Å². The Morgan fingerprint density at radius 1 is 1.33 bits per heavy atom. The molecule has 0 unspecified atom stereocenters. The molecular formula is C17H23N5O2. The number of amides is 1. The normalized spacial score (nSPS) is 18.2. The monoisotopic (exact) mass is 329 g/mol. The molecule has 0 spiro atoms. The molecule has 0 bridgehead atoms. The first-order chi connectivity index (χ1) is 11.7. The fraction of sp³-hybridized carbons (Fsp3) is 0.529. The van der Waals surface area contributed by atoms with E-state index < -0.39 is 0 Å². The molecule has 1 saturated heterocycles. The minimum Gasteiger partial charge on any atom is -0.448 e. The Morgan fingerprint density at radius 2 is 2.21 bits per heavy atom. The number of nitrogens with one attached hydrogen (secondary N) is 1. The van der Waals surface area contributed by atoms with Crippen molar-refractivity contribution in [1.29, 1.82) is 0 Å². The van der Waals surface area contributed by atoms with Crippen LogP contribution in [0.25, 0.3) is 0 Å². The van der Waals surface area contributed by atoms with E-state index >= 15 is 0 Å². The second kappa shape index (κ2) is 7.42. The van der Waals surface area contributed by atoms with Gasteiger partial charge in [-0.25, -0.2) is 9.97 Å². The summed E-state index contributed by atoms with van der Waals surface area (Å²) in [5.41, 5.74) is 1.41. The summed E-state index contributed by atoms with van der Waals surface area (Å²) >= 11 is 0. The number of hydrogen-bond acceptors (Lipinski definition) is 6. The Hall–Kier alpha value is -2.44. The van der Waals surface area contributed by atoms with Crippen LogP contribution in [-0.4, -0.2) is 45.9 Å². The van der Waals surface area contributed by atoms with Gasteiger partial charge in [0.05, 0.1) is 18.1 Å². The van der Waals surface area contributed by atoms with Crippen molar-refractivity contribution < 1.29 is 9.21 Å². The van der Waals surface area contributed by atoms with Crippen LogP contribution in [0.2, 0.25) is 0 Å². The average Bonchev–Trinajstić information content (AvgIpc) is 2.90. The Bertz CT molecular complexity index is 683. The topological polar surface area (TPSA) is 84.2 Å². The number of hydrogen-bond donors (Lipinski definition) is 1. The number of oxazole rings is 1. The van der Waals surface area contributed by atoms with Gasteiger partial charge in [0, 0.05) is 27.1 Å². The van der Waals surface area contributed by atoms with Crippen molar-refractivity contribution in [3.63, 3.8) is 0 Å². The molecule has 1 aliphatic rings. The fourth-order valence-electron chi connectivity index (χ4n) is 3.08. The number of carbonyl (C=O) groups excluding carboxylic acids is 1. The van der Waals surface area contributed by atoms with E-state index in [4.69, 9.17) is 4.42 Å². The molecule has 7 nitrogen and oxygen atoms in total. The highest BCUT2D eigenvalue weighted by atomic mass is 16.3. The number of anilines is 1. The van der Waals surface area contributed by atoms with E-state index in [2.05, 4.69) is 20.3 Å². The van der Waals surface area contributed by atoms with Gasteiger partial charge < -0.3 is 14.6 Å². The number of aryl methyl sites for hydroxylation is 1. The van der Waals surface area contributed by atoms with Crippen molar-refractivity contribution in [2.75, 3.05) is 25.5 Å². The van der Waals surface area contributed by atoms with Crippen molar-refractivity contribution >= 4 is 11.7 Å². The second-order valence-corrected chi connectivity index (χ2v) is 6.19. The maximum absolute atomic E-state index is 12.5. The number of rotatable bonds is 4. The summed E-state index contributed by atoms with van der Waals surface area (Å²) in [6.07, 6.45) is 9.00. The lowest BCUT2D eigenvalue weighted by atomic mass is 9.95. The highest BCUT2D eigenvalue weighted by Gasteiger charge is 2.23. The summed E-state index contributed by atoms with van der Waals surface area (Å²) in [6.45, 7) is 3.26. The average molecular weight is 329 g/mol. The number of carbonyl (C=O) groups is 1. The third-order valence-electron chi connectivity index (χ3n) is 4.43. The maximum atomic E-state index is 12.5. The molecule has 24 heavy (non-hydrogen) atoms. The zero-order valence-corrected chi connectivity index (χ0v) is 14.2. The molecule has 3 rings (SSSR count). The van der Waals surface area contributed by atoms with Crippen LogP contribution in [0.5, 0.6) is 0 Å². The van der Waals surface area contributed by atoms with E-state index in [-0.39, 0.29) is 5.91 Å². The maximum Gasteiger partial charge on any atom is 0.275 e. The summed E-state index contributed by atoms with van der Waals surface area (Å²) < 4.78 is 5.15. The molecule has 0 aliphatic carbocycles. The smallest absolute Gasteiger partial charge is 0.275 e. The molecule has 1 N–H and O–H groups in total. The van der Waals surface area contributed by atoms with Crippen molar-refractivity contribution in [2.45, 2.75) is 32.6 Å². The third kappa shape index (κ3) is 3.90. The number of nitrogens with zero attached hydrogens (tertiary/aromatic N) is 4. The van der Waals surface area contributed by atoms with Gasteiger partial charge in [0.15, 0.2) is 11.6 Å². The van der Waals surface area contributed by atoms with Gasteiger partial charge in [-0.3, -0.25) is 9.78 Å². The van der Waals surface area contributed by atoms with E-state index in [1.165, 1.54) is 6.26 Å². The van der Waals surface area contributed by atoms with E-state index in [9.17, 15) is 4.79 Å². The Kier molecular flexibility index (Phi) is 5.08. The predicted octanol–water partition coefficient (Wildman–Crippen LogP) is 2.30. The third-order valence-corrected chi connectivity index (χ3v) is 4.43. The van der Waals surface area contributed by atoms with Crippen molar-refractivity contribution in [2.24, 2.45) is 5.92 Å². The van der Waals surface area contributed by atoms with Gasteiger partial charge in [0.1, 0.15) is 12.1 Å². The molecule has 0 aromatic carbocycles. The minimum atomic E-state index is -0.0364. The predicted molar refractivity (Wildman–Crippen MR) is 89.8 cm³/mol. The first-order valence-electron chi connectivity index (χ1n) is 8.36. The molecule has 1 atom stereocenters. The van der Waals surface area contributed by atoms with Crippen molar-refractivity contribution in [1.82, 2.24) is 19.9 Å². The van der Waals surface area contributed by atoms with Crippen LogP contribution in [-0.2, 0) is 6.42 Å². The van der Waals surface area contributed by atoms with Gasteiger partial charge in [0.25, 0.3) is 5.91 Å².